The molecule has 2 aromatic rings. The molecule has 1 saturated heterocycles. The lowest BCUT2D eigenvalue weighted by molar-refractivity contribution is 0.0671. The van der Waals surface area contributed by atoms with Crippen LogP contribution in [0.3, 0.4) is 0 Å². The summed E-state index contributed by atoms with van der Waals surface area (Å²) in [4.78, 5) is 13.1. The number of halogens is 2. The second kappa shape index (κ2) is 9.03. The quantitative estimate of drug-likeness (QED) is 0.629. The summed E-state index contributed by atoms with van der Waals surface area (Å²) in [6.45, 7) is 7.96. The summed E-state index contributed by atoms with van der Waals surface area (Å²) in [6.07, 6.45) is 2.66. The Morgan fingerprint density at radius 3 is 2.64 bits per heavy atom. The first-order valence-corrected chi connectivity index (χ1v) is 9.65. The number of aryl methyl sites for hydroxylation is 1. The Balaban J connectivity index is 1.67. The molecule has 1 aromatic carbocycles. The monoisotopic (exact) mass is 390 g/mol. The van der Waals surface area contributed by atoms with Crippen LogP contribution < -0.4 is 10.2 Å². The van der Waals surface area contributed by atoms with E-state index in [1.54, 1.807) is 0 Å². The number of piperazine rings is 1. The van der Waals surface area contributed by atoms with E-state index in [1.165, 1.54) is 29.2 Å². The van der Waals surface area contributed by atoms with Gasteiger partial charge in [-0.3, -0.25) is 4.57 Å². The molecular weight excluding hydrogens is 362 g/mol. The number of anilines is 1. The smallest absolute Gasteiger partial charge is 0.319 e. The summed E-state index contributed by atoms with van der Waals surface area (Å²) < 4.78 is 26.8. The van der Waals surface area contributed by atoms with Gasteiger partial charge in [0.15, 0.2) is 5.96 Å². The van der Waals surface area contributed by atoms with E-state index in [4.69, 9.17) is 0 Å². The van der Waals surface area contributed by atoms with Gasteiger partial charge in [0.1, 0.15) is 12.4 Å². The fraction of sp³-hybridized carbons (Fsp3) is 0.500. The van der Waals surface area contributed by atoms with Crippen LogP contribution in [0.4, 0.5) is 14.5 Å². The largest absolute Gasteiger partial charge is 0.368 e. The van der Waals surface area contributed by atoms with Crippen LogP contribution in [0, 0.1) is 13.8 Å². The number of nitrogens with one attached hydrogen (secondary N) is 1. The number of hydrogen-bond acceptors (Lipinski definition) is 3. The van der Waals surface area contributed by atoms with Gasteiger partial charge in [0.05, 0.1) is 0 Å². The van der Waals surface area contributed by atoms with Crippen LogP contribution in [0.1, 0.15) is 30.4 Å². The second-order valence-corrected chi connectivity index (χ2v) is 6.89. The van der Waals surface area contributed by atoms with Gasteiger partial charge in [-0.05, 0) is 38.0 Å². The van der Waals surface area contributed by atoms with Crippen LogP contribution in [-0.4, -0.2) is 53.1 Å². The summed E-state index contributed by atoms with van der Waals surface area (Å²) in [5.41, 5.74) is 3.89. The van der Waals surface area contributed by atoms with Crippen molar-refractivity contribution in [1.29, 1.82) is 0 Å². The highest BCUT2D eigenvalue weighted by Crippen LogP contribution is 2.24. The minimum atomic E-state index is -2.60. The number of imidazole rings is 1. The standard InChI is InChI=1S/C20H28F2N6/c1-4-23-20(25-14-18-24-8-9-28(18)19(21)22)27-12-10-26(11-13-27)17-7-5-6-15(2)16(17)3/h5-9,19H,4,10-14H2,1-3H3,(H,23,25). The first kappa shape index (κ1) is 20.1. The molecule has 1 fully saturated rings. The molecule has 152 valence electrons. The molecule has 0 saturated carbocycles. The van der Waals surface area contributed by atoms with Gasteiger partial charge in [0.2, 0.25) is 0 Å². The molecule has 1 aliphatic heterocycles. The van der Waals surface area contributed by atoms with Gasteiger partial charge in [-0.25, -0.2) is 9.98 Å². The van der Waals surface area contributed by atoms with E-state index in [0.29, 0.717) is 0 Å². The van der Waals surface area contributed by atoms with Crippen molar-refractivity contribution in [2.45, 2.75) is 33.9 Å². The minimum Gasteiger partial charge on any atom is -0.368 e. The van der Waals surface area contributed by atoms with Gasteiger partial charge >= 0.3 is 6.55 Å². The summed E-state index contributed by atoms with van der Waals surface area (Å²) in [5, 5.41) is 3.27. The van der Waals surface area contributed by atoms with E-state index < -0.39 is 6.55 Å². The summed E-state index contributed by atoms with van der Waals surface area (Å²) >= 11 is 0. The Morgan fingerprint density at radius 1 is 1.21 bits per heavy atom. The first-order valence-electron chi connectivity index (χ1n) is 9.65. The number of alkyl halides is 2. The molecule has 0 radical (unpaired) electrons. The third-order valence-corrected chi connectivity index (χ3v) is 5.16. The molecule has 2 heterocycles. The fourth-order valence-electron chi connectivity index (χ4n) is 3.45. The normalized spacial score (nSPS) is 15.4. The molecule has 6 nitrogen and oxygen atoms in total. The number of aliphatic imine (C=N–C) groups is 1. The molecule has 1 aliphatic rings. The predicted molar refractivity (Wildman–Crippen MR) is 108 cm³/mol. The van der Waals surface area contributed by atoms with Crippen molar-refractivity contribution < 1.29 is 8.78 Å². The first-order chi connectivity index (χ1) is 13.5. The van der Waals surface area contributed by atoms with E-state index in [0.717, 1.165) is 43.3 Å². The topological polar surface area (TPSA) is 48.7 Å². The van der Waals surface area contributed by atoms with Crippen molar-refractivity contribution in [3.05, 3.63) is 47.5 Å². The van der Waals surface area contributed by atoms with E-state index in [1.807, 2.05) is 6.92 Å². The van der Waals surface area contributed by atoms with Crippen molar-refractivity contribution in [2.75, 3.05) is 37.6 Å². The van der Waals surface area contributed by atoms with Crippen molar-refractivity contribution in [1.82, 2.24) is 19.8 Å². The van der Waals surface area contributed by atoms with Gasteiger partial charge in [0.25, 0.3) is 0 Å². The third-order valence-electron chi connectivity index (χ3n) is 5.16. The van der Waals surface area contributed by atoms with Crippen LogP contribution in [0.15, 0.2) is 35.6 Å². The van der Waals surface area contributed by atoms with Crippen LogP contribution in [0.2, 0.25) is 0 Å². The molecule has 3 rings (SSSR count). The average Bonchev–Trinajstić information content (AvgIpc) is 3.16. The predicted octanol–water partition coefficient (Wildman–Crippen LogP) is 3.18. The second-order valence-electron chi connectivity index (χ2n) is 6.89. The Morgan fingerprint density at radius 2 is 1.96 bits per heavy atom. The number of aromatic nitrogens is 2. The van der Waals surface area contributed by atoms with Crippen LogP contribution in [0.25, 0.3) is 0 Å². The van der Waals surface area contributed by atoms with Gasteiger partial charge < -0.3 is 15.1 Å². The lowest BCUT2D eigenvalue weighted by atomic mass is 10.1. The Kier molecular flexibility index (Phi) is 6.49. The van der Waals surface area contributed by atoms with Crippen LogP contribution >= 0.6 is 0 Å². The highest BCUT2D eigenvalue weighted by molar-refractivity contribution is 5.80. The van der Waals surface area contributed by atoms with Crippen molar-refractivity contribution in [2.24, 2.45) is 4.99 Å². The molecule has 8 heteroatoms. The minimum absolute atomic E-state index is 0.122. The Hall–Kier alpha value is -2.64. The fourth-order valence-corrected chi connectivity index (χ4v) is 3.45. The summed E-state index contributed by atoms with van der Waals surface area (Å²) in [5.74, 6) is 1.01. The van der Waals surface area contributed by atoms with Gasteiger partial charge in [0, 0.05) is 50.8 Å². The number of hydrogen-bond donors (Lipinski definition) is 1. The maximum Gasteiger partial charge on any atom is 0.319 e. The van der Waals surface area contributed by atoms with Gasteiger partial charge in [-0.2, -0.15) is 8.78 Å². The summed E-state index contributed by atoms with van der Waals surface area (Å²) in [6, 6.07) is 6.40. The zero-order valence-corrected chi connectivity index (χ0v) is 16.7. The molecule has 0 aliphatic carbocycles. The lowest BCUT2D eigenvalue weighted by Gasteiger charge is -2.38. The SMILES string of the molecule is CCNC(=NCc1nccn1C(F)F)N1CCN(c2cccc(C)c2C)CC1. The molecule has 0 amide bonds. The Bertz CT molecular complexity index is 809. The van der Waals surface area contributed by atoms with Gasteiger partial charge in [-0.15, -0.1) is 0 Å². The van der Waals surface area contributed by atoms with Crippen LogP contribution in [-0.2, 0) is 6.54 Å². The zero-order valence-electron chi connectivity index (χ0n) is 16.7. The highest BCUT2D eigenvalue weighted by Gasteiger charge is 2.21. The molecule has 1 aromatic heterocycles. The molecule has 0 bridgehead atoms. The third kappa shape index (κ3) is 4.43. The molecular formula is C20H28F2N6. The zero-order chi connectivity index (χ0) is 20.1. The summed E-state index contributed by atoms with van der Waals surface area (Å²) in [7, 11) is 0. The van der Waals surface area contributed by atoms with E-state index in [-0.39, 0.29) is 12.4 Å². The maximum atomic E-state index is 13.0. The molecule has 0 spiro atoms. The van der Waals surface area contributed by atoms with E-state index in [2.05, 4.69) is 57.1 Å². The lowest BCUT2D eigenvalue weighted by Crippen LogP contribution is -2.52. The van der Waals surface area contributed by atoms with Crippen molar-refractivity contribution in [3.63, 3.8) is 0 Å². The number of benzene rings is 1. The molecule has 28 heavy (non-hydrogen) atoms. The Labute approximate surface area is 164 Å². The number of nitrogens with zero attached hydrogens (tertiary/aromatic N) is 5. The highest BCUT2D eigenvalue weighted by atomic mass is 19.3. The van der Waals surface area contributed by atoms with Gasteiger partial charge in [-0.1, -0.05) is 12.1 Å². The number of guanidine groups is 1. The van der Waals surface area contributed by atoms with Crippen LogP contribution in [0.5, 0.6) is 0 Å². The van der Waals surface area contributed by atoms with Crippen molar-refractivity contribution >= 4 is 11.6 Å². The number of rotatable bonds is 5. The maximum absolute atomic E-state index is 13.0. The van der Waals surface area contributed by atoms with E-state index >= 15 is 0 Å². The van der Waals surface area contributed by atoms with Crippen molar-refractivity contribution in [3.8, 4) is 0 Å². The van der Waals surface area contributed by atoms with E-state index in [9.17, 15) is 8.78 Å². The average molecular weight is 390 g/mol. The molecule has 1 N–H and O–H groups in total. The molecule has 0 unspecified atom stereocenters. The molecule has 0 atom stereocenters.